The molecule has 0 bridgehead atoms. The van der Waals surface area contributed by atoms with E-state index in [9.17, 15) is 0 Å². The van der Waals surface area contributed by atoms with E-state index in [1.54, 1.807) is 0 Å². The highest BCUT2D eigenvalue weighted by Crippen LogP contribution is 2.28. The second-order valence-corrected chi connectivity index (χ2v) is 4.63. The number of aromatic nitrogens is 1. The zero-order valence-corrected chi connectivity index (χ0v) is 10.1. The molecule has 2 rings (SSSR count). The standard InChI is InChI=1S/C12H17ClN2/c1-8-7-10(12(13)15-9(8)2)11-5-3-4-6-14-11/h7,11,14H,3-6H2,1-2H3/t11-/m1/s1. The van der Waals surface area contributed by atoms with Crippen LogP contribution in [0.1, 0.15) is 42.1 Å². The monoisotopic (exact) mass is 224 g/mol. The number of nitrogens with one attached hydrogen (secondary N) is 1. The Bertz CT molecular complexity index is 357. The Labute approximate surface area is 96.1 Å². The molecule has 0 unspecified atom stereocenters. The predicted molar refractivity (Wildman–Crippen MR) is 63.3 cm³/mol. The van der Waals surface area contributed by atoms with Gasteiger partial charge in [-0.3, -0.25) is 0 Å². The van der Waals surface area contributed by atoms with E-state index < -0.39 is 0 Å². The number of nitrogens with zero attached hydrogens (tertiary/aromatic N) is 1. The zero-order valence-electron chi connectivity index (χ0n) is 9.31. The van der Waals surface area contributed by atoms with Crippen molar-refractivity contribution in [2.45, 2.75) is 39.2 Å². The first kappa shape index (κ1) is 10.9. The van der Waals surface area contributed by atoms with Crippen molar-refractivity contribution >= 4 is 11.6 Å². The molecule has 0 radical (unpaired) electrons. The second-order valence-electron chi connectivity index (χ2n) is 4.27. The van der Waals surface area contributed by atoms with Gasteiger partial charge in [-0.15, -0.1) is 0 Å². The molecule has 1 saturated heterocycles. The van der Waals surface area contributed by atoms with Gasteiger partial charge in [-0.1, -0.05) is 18.0 Å². The minimum absolute atomic E-state index is 0.401. The van der Waals surface area contributed by atoms with E-state index in [-0.39, 0.29) is 0 Å². The van der Waals surface area contributed by atoms with E-state index in [0.717, 1.165) is 12.2 Å². The molecule has 1 aliphatic rings. The van der Waals surface area contributed by atoms with Crippen LogP contribution in [0, 0.1) is 13.8 Å². The molecule has 2 nitrogen and oxygen atoms in total. The average Bonchev–Trinajstić information content (AvgIpc) is 2.25. The minimum Gasteiger partial charge on any atom is -0.310 e. The number of rotatable bonds is 1. The summed E-state index contributed by atoms with van der Waals surface area (Å²) in [6.45, 7) is 5.18. The van der Waals surface area contributed by atoms with Gasteiger partial charge in [0.2, 0.25) is 0 Å². The molecular weight excluding hydrogens is 208 g/mol. The van der Waals surface area contributed by atoms with Crippen LogP contribution in [-0.2, 0) is 0 Å². The third kappa shape index (κ3) is 2.32. The van der Waals surface area contributed by atoms with Gasteiger partial charge in [-0.2, -0.15) is 0 Å². The molecule has 0 saturated carbocycles. The summed E-state index contributed by atoms with van der Waals surface area (Å²) in [6, 6.07) is 2.58. The summed E-state index contributed by atoms with van der Waals surface area (Å²) in [5.74, 6) is 0. The van der Waals surface area contributed by atoms with Gasteiger partial charge in [0.25, 0.3) is 0 Å². The van der Waals surface area contributed by atoms with Crippen LogP contribution in [0.15, 0.2) is 6.07 Å². The average molecular weight is 225 g/mol. The molecule has 0 spiro atoms. The fourth-order valence-corrected chi connectivity index (χ4v) is 2.37. The summed E-state index contributed by atoms with van der Waals surface area (Å²) in [4.78, 5) is 4.37. The van der Waals surface area contributed by atoms with Crippen molar-refractivity contribution in [1.82, 2.24) is 10.3 Å². The number of pyridine rings is 1. The number of piperidine rings is 1. The molecule has 82 valence electrons. The lowest BCUT2D eigenvalue weighted by molar-refractivity contribution is 0.411. The second kappa shape index (κ2) is 4.50. The molecule has 1 aliphatic heterocycles. The topological polar surface area (TPSA) is 24.9 Å². The quantitative estimate of drug-likeness (QED) is 0.742. The van der Waals surface area contributed by atoms with Crippen LogP contribution in [-0.4, -0.2) is 11.5 Å². The van der Waals surface area contributed by atoms with Crippen molar-refractivity contribution in [3.05, 3.63) is 28.0 Å². The summed E-state index contributed by atoms with van der Waals surface area (Å²) < 4.78 is 0. The summed E-state index contributed by atoms with van der Waals surface area (Å²) in [5, 5.41) is 4.16. The Kier molecular flexibility index (Phi) is 3.27. The molecule has 1 fully saturated rings. The third-order valence-electron chi connectivity index (χ3n) is 3.13. The van der Waals surface area contributed by atoms with Crippen LogP contribution < -0.4 is 5.32 Å². The van der Waals surface area contributed by atoms with E-state index in [4.69, 9.17) is 11.6 Å². The van der Waals surface area contributed by atoms with Crippen molar-refractivity contribution in [3.8, 4) is 0 Å². The molecule has 1 aromatic heterocycles. The SMILES string of the molecule is Cc1cc([C@H]2CCCCN2)c(Cl)nc1C. The van der Waals surface area contributed by atoms with Crippen molar-refractivity contribution in [2.75, 3.05) is 6.54 Å². The van der Waals surface area contributed by atoms with Crippen LogP contribution in [0.2, 0.25) is 5.15 Å². The maximum atomic E-state index is 6.18. The lowest BCUT2D eigenvalue weighted by Crippen LogP contribution is -2.27. The molecular formula is C12H17ClN2. The van der Waals surface area contributed by atoms with E-state index in [2.05, 4.69) is 23.3 Å². The Morgan fingerprint density at radius 1 is 1.40 bits per heavy atom. The first-order valence-corrected chi connectivity index (χ1v) is 5.93. The Hall–Kier alpha value is -0.600. The van der Waals surface area contributed by atoms with Crippen molar-refractivity contribution < 1.29 is 0 Å². The van der Waals surface area contributed by atoms with E-state index in [1.165, 1.54) is 30.4 Å². The smallest absolute Gasteiger partial charge is 0.134 e. The molecule has 0 aliphatic carbocycles. The lowest BCUT2D eigenvalue weighted by Gasteiger charge is -2.24. The van der Waals surface area contributed by atoms with Gasteiger partial charge < -0.3 is 5.32 Å². The molecule has 1 aromatic rings. The van der Waals surface area contributed by atoms with Crippen LogP contribution in [0.3, 0.4) is 0 Å². The molecule has 3 heteroatoms. The Balaban J connectivity index is 2.30. The molecule has 1 N–H and O–H groups in total. The first-order chi connectivity index (χ1) is 7.18. The first-order valence-electron chi connectivity index (χ1n) is 5.55. The molecule has 0 aromatic carbocycles. The van der Waals surface area contributed by atoms with E-state index in [1.807, 2.05) is 6.92 Å². The van der Waals surface area contributed by atoms with Gasteiger partial charge >= 0.3 is 0 Å². The van der Waals surface area contributed by atoms with Crippen LogP contribution in [0.4, 0.5) is 0 Å². The van der Waals surface area contributed by atoms with Gasteiger partial charge in [0.05, 0.1) is 0 Å². The van der Waals surface area contributed by atoms with Crippen molar-refractivity contribution in [2.24, 2.45) is 0 Å². The van der Waals surface area contributed by atoms with E-state index in [0.29, 0.717) is 11.2 Å². The summed E-state index contributed by atoms with van der Waals surface area (Å²) >= 11 is 6.18. The number of hydrogen-bond donors (Lipinski definition) is 1. The maximum absolute atomic E-state index is 6.18. The summed E-state index contributed by atoms with van der Waals surface area (Å²) in [5.41, 5.74) is 3.42. The predicted octanol–water partition coefficient (Wildman–Crippen LogP) is 3.17. The Morgan fingerprint density at radius 3 is 2.87 bits per heavy atom. The number of halogens is 1. The highest BCUT2D eigenvalue weighted by molar-refractivity contribution is 6.30. The largest absolute Gasteiger partial charge is 0.310 e. The molecule has 2 heterocycles. The van der Waals surface area contributed by atoms with E-state index >= 15 is 0 Å². The molecule has 0 amide bonds. The van der Waals surface area contributed by atoms with Gasteiger partial charge in [0, 0.05) is 17.3 Å². The maximum Gasteiger partial charge on any atom is 0.134 e. The summed E-state index contributed by atoms with van der Waals surface area (Å²) in [7, 11) is 0. The third-order valence-corrected chi connectivity index (χ3v) is 3.44. The van der Waals surface area contributed by atoms with Crippen LogP contribution in [0.25, 0.3) is 0 Å². The summed E-state index contributed by atoms with van der Waals surface area (Å²) in [6.07, 6.45) is 3.72. The highest BCUT2D eigenvalue weighted by atomic mass is 35.5. The van der Waals surface area contributed by atoms with Gasteiger partial charge in [-0.05, 0) is 44.9 Å². The van der Waals surface area contributed by atoms with Gasteiger partial charge in [0.1, 0.15) is 5.15 Å². The normalized spacial score (nSPS) is 21.7. The van der Waals surface area contributed by atoms with Crippen molar-refractivity contribution in [1.29, 1.82) is 0 Å². The molecule has 1 atom stereocenters. The highest BCUT2D eigenvalue weighted by Gasteiger charge is 2.18. The zero-order chi connectivity index (χ0) is 10.8. The van der Waals surface area contributed by atoms with Gasteiger partial charge in [-0.25, -0.2) is 4.98 Å². The van der Waals surface area contributed by atoms with Crippen LogP contribution in [0.5, 0.6) is 0 Å². The fourth-order valence-electron chi connectivity index (χ4n) is 2.06. The lowest BCUT2D eigenvalue weighted by atomic mass is 9.97. The Morgan fingerprint density at radius 2 is 2.20 bits per heavy atom. The van der Waals surface area contributed by atoms with Crippen LogP contribution >= 0.6 is 11.6 Å². The number of hydrogen-bond acceptors (Lipinski definition) is 2. The van der Waals surface area contributed by atoms with Crippen molar-refractivity contribution in [3.63, 3.8) is 0 Å². The van der Waals surface area contributed by atoms with Gasteiger partial charge in [0.15, 0.2) is 0 Å². The fraction of sp³-hybridized carbons (Fsp3) is 0.583. The molecule has 15 heavy (non-hydrogen) atoms. The number of aryl methyl sites for hydroxylation is 2. The minimum atomic E-state index is 0.401.